The van der Waals surface area contributed by atoms with Gasteiger partial charge in [-0.15, -0.1) is 0 Å². The lowest BCUT2D eigenvalue weighted by Crippen LogP contribution is -2.26. The maximum absolute atomic E-state index is 10.6. The van der Waals surface area contributed by atoms with Gasteiger partial charge in [0.1, 0.15) is 5.92 Å². The number of rotatable bonds is 4. The molecule has 0 rings (SSSR count). The summed E-state index contributed by atoms with van der Waals surface area (Å²) in [6.07, 6.45) is 0. The summed E-state index contributed by atoms with van der Waals surface area (Å²) in [5, 5.41) is 8.70. The number of carboxylic acid groups (broad SMARTS) is 1. The summed E-state index contributed by atoms with van der Waals surface area (Å²) in [7, 11) is 0.371. The van der Waals surface area contributed by atoms with Crippen LogP contribution in [-0.4, -0.2) is 16.0 Å². The molecule has 0 radical (unpaired) electrons. The minimum Gasteiger partial charge on any atom is -0.481 e. The monoisotopic (exact) mass is 228 g/mol. The molecule has 6 heteroatoms. The van der Waals surface area contributed by atoms with Gasteiger partial charge in [-0.05, 0) is 6.92 Å². The zero-order valence-corrected chi connectivity index (χ0v) is 9.88. The van der Waals surface area contributed by atoms with Crippen LogP contribution in [-0.2, 0) is 28.4 Å². The van der Waals surface area contributed by atoms with Gasteiger partial charge in [0.2, 0.25) is 14.7 Å². The van der Waals surface area contributed by atoms with E-state index in [0.717, 1.165) is 0 Å². The molecule has 0 aliphatic heterocycles. The molecule has 0 spiro atoms. The third-order valence-corrected chi connectivity index (χ3v) is 7.76. The SMILES string of the molecule is CC(C(=O)O)C(C)([PH+]=S)[PH+]=S. The molecule has 0 saturated heterocycles. The molecule has 0 aromatic carbocycles. The Morgan fingerprint density at radius 2 is 1.91 bits per heavy atom. The van der Waals surface area contributed by atoms with Crippen molar-refractivity contribution in [2.75, 3.05) is 0 Å². The Morgan fingerprint density at radius 1 is 1.55 bits per heavy atom. The quantitative estimate of drug-likeness (QED) is 0.743. The fourth-order valence-corrected chi connectivity index (χ4v) is 3.77. The Hall–Kier alpha value is 0.510. The Balaban J connectivity index is 4.62. The van der Waals surface area contributed by atoms with E-state index in [1.807, 2.05) is 6.92 Å². The van der Waals surface area contributed by atoms with Crippen molar-refractivity contribution < 1.29 is 9.90 Å². The molecular weight excluding hydrogens is 218 g/mol. The number of hydrogen-bond acceptors (Lipinski definition) is 3. The van der Waals surface area contributed by atoms with Crippen molar-refractivity contribution in [2.24, 2.45) is 5.92 Å². The average Bonchev–Trinajstić information content (AvgIpc) is 2.01. The Labute approximate surface area is 79.1 Å². The molecule has 0 bridgehead atoms. The molecule has 0 aromatic rings. The minimum absolute atomic E-state index is 0.186. The minimum atomic E-state index is -0.804. The molecular formula is C5H10O2P2S2+2. The zero-order valence-electron chi connectivity index (χ0n) is 6.25. The predicted molar refractivity (Wildman–Crippen MR) is 56.6 cm³/mol. The van der Waals surface area contributed by atoms with E-state index in [1.165, 1.54) is 0 Å². The molecule has 0 aromatic heterocycles. The fourth-order valence-electron chi connectivity index (χ4n) is 0.445. The van der Waals surface area contributed by atoms with E-state index in [-0.39, 0.29) is 19.6 Å². The highest BCUT2D eigenvalue weighted by atomic mass is 32.4. The summed E-state index contributed by atoms with van der Waals surface area (Å²) in [5.41, 5.74) is 0. The lowest BCUT2D eigenvalue weighted by Gasteiger charge is -2.08. The van der Waals surface area contributed by atoms with Crippen molar-refractivity contribution >= 4 is 44.3 Å². The first-order chi connectivity index (χ1) is 4.98. The van der Waals surface area contributed by atoms with Crippen LogP contribution in [0.1, 0.15) is 13.8 Å². The summed E-state index contributed by atoms with van der Waals surface area (Å²) in [5.74, 6) is -1.23. The van der Waals surface area contributed by atoms with Gasteiger partial charge in [-0.1, -0.05) is 0 Å². The summed E-state index contributed by atoms with van der Waals surface area (Å²) in [4.78, 5) is 10.2. The van der Waals surface area contributed by atoms with Crippen LogP contribution >= 0.6 is 14.7 Å². The highest BCUT2D eigenvalue weighted by molar-refractivity contribution is 8.05. The second-order valence-corrected chi connectivity index (χ2v) is 6.68. The van der Waals surface area contributed by atoms with Crippen LogP contribution in [0.15, 0.2) is 0 Å². The standard InChI is InChI=1S/C5H8O2P2S2/c1-3(4(6)7)5(2,8-10)9-11/h3H,1-2H3,(H,6,7)/p+2. The van der Waals surface area contributed by atoms with Gasteiger partial charge in [-0.2, -0.15) is 0 Å². The van der Waals surface area contributed by atoms with Gasteiger partial charge < -0.3 is 5.11 Å². The van der Waals surface area contributed by atoms with E-state index in [0.29, 0.717) is 0 Å². The van der Waals surface area contributed by atoms with E-state index in [1.54, 1.807) is 6.92 Å². The third kappa shape index (κ3) is 2.79. The molecule has 0 aliphatic rings. The van der Waals surface area contributed by atoms with Crippen molar-refractivity contribution in [2.45, 2.75) is 18.7 Å². The van der Waals surface area contributed by atoms with Gasteiger partial charge >= 0.3 is 5.97 Å². The van der Waals surface area contributed by atoms with Gasteiger partial charge in [0, 0.05) is 6.92 Å². The zero-order chi connectivity index (χ0) is 9.07. The molecule has 62 valence electrons. The van der Waals surface area contributed by atoms with Gasteiger partial charge in [-0.25, -0.2) is 0 Å². The molecule has 1 N–H and O–H groups in total. The molecule has 0 saturated carbocycles. The van der Waals surface area contributed by atoms with Crippen LogP contribution in [0.25, 0.3) is 0 Å². The first-order valence-electron chi connectivity index (χ1n) is 2.99. The summed E-state index contributed by atoms with van der Waals surface area (Å²) >= 11 is 9.77. The van der Waals surface area contributed by atoms with Crippen LogP contribution in [0.5, 0.6) is 0 Å². The van der Waals surface area contributed by atoms with Gasteiger partial charge in [-0.3, -0.25) is 4.79 Å². The fraction of sp³-hybridized carbons (Fsp3) is 0.800. The van der Waals surface area contributed by atoms with Crippen LogP contribution in [0, 0.1) is 5.92 Å². The van der Waals surface area contributed by atoms with E-state index in [2.05, 4.69) is 0 Å². The number of carbonyl (C=O) groups is 1. The molecule has 0 fully saturated rings. The molecule has 0 amide bonds. The van der Waals surface area contributed by atoms with E-state index < -0.39 is 11.9 Å². The van der Waals surface area contributed by atoms with E-state index in [9.17, 15) is 4.79 Å². The summed E-state index contributed by atoms with van der Waals surface area (Å²) in [6.45, 7) is 3.52. The van der Waals surface area contributed by atoms with Crippen molar-refractivity contribution in [1.82, 2.24) is 0 Å². The lowest BCUT2D eigenvalue weighted by atomic mass is 10.1. The van der Waals surface area contributed by atoms with Crippen molar-refractivity contribution in [3.8, 4) is 0 Å². The van der Waals surface area contributed by atoms with Crippen LogP contribution in [0.2, 0.25) is 0 Å². The second-order valence-electron chi connectivity index (χ2n) is 2.47. The Morgan fingerprint density at radius 3 is 2.00 bits per heavy atom. The van der Waals surface area contributed by atoms with Gasteiger partial charge in [0.25, 0.3) is 4.90 Å². The largest absolute Gasteiger partial charge is 0.481 e. The normalized spacial score (nSPS) is 19.5. The van der Waals surface area contributed by atoms with Gasteiger partial charge in [0.05, 0.1) is 0 Å². The second kappa shape index (κ2) is 4.51. The predicted octanol–water partition coefficient (Wildman–Crippen LogP) is 1.70. The average molecular weight is 228 g/mol. The van der Waals surface area contributed by atoms with E-state index in [4.69, 9.17) is 28.7 Å². The molecule has 3 atom stereocenters. The van der Waals surface area contributed by atoms with Crippen LogP contribution < -0.4 is 0 Å². The first kappa shape index (κ1) is 11.5. The van der Waals surface area contributed by atoms with Crippen LogP contribution in [0.4, 0.5) is 0 Å². The van der Waals surface area contributed by atoms with Crippen LogP contribution in [0.3, 0.4) is 0 Å². The topological polar surface area (TPSA) is 37.3 Å². The number of carboxylic acids is 1. The van der Waals surface area contributed by atoms with Crippen molar-refractivity contribution in [1.29, 1.82) is 0 Å². The molecule has 0 heterocycles. The lowest BCUT2D eigenvalue weighted by molar-refractivity contribution is -0.141. The van der Waals surface area contributed by atoms with E-state index >= 15 is 0 Å². The molecule has 0 aliphatic carbocycles. The molecule has 3 unspecified atom stereocenters. The smallest absolute Gasteiger partial charge is 0.315 e. The number of aliphatic carboxylic acids is 1. The third-order valence-electron chi connectivity index (χ3n) is 1.66. The highest BCUT2D eigenvalue weighted by Crippen LogP contribution is 2.41. The summed E-state index contributed by atoms with van der Waals surface area (Å²) in [6, 6.07) is 0. The van der Waals surface area contributed by atoms with Gasteiger partial charge in [0.15, 0.2) is 23.6 Å². The van der Waals surface area contributed by atoms with Crippen molar-refractivity contribution in [3.05, 3.63) is 0 Å². The Kier molecular flexibility index (Phi) is 4.72. The maximum atomic E-state index is 10.6. The summed E-state index contributed by atoms with van der Waals surface area (Å²) < 4.78 is 0. The van der Waals surface area contributed by atoms with Crippen molar-refractivity contribution in [3.63, 3.8) is 0 Å². The maximum Gasteiger partial charge on any atom is 0.315 e. The molecule has 11 heavy (non-hydrogen) atoms. The Bertz CT molecular complexity index is 187. The number of hydrogen-bond donors (Lipinski definition) is 1. The molecule has 2 nitrogen and oxygen atoms in total. The first-order valence-corrected chi connectivity index (χ1v) is 7.26. The highest BCUT2D eigenvalue weighted by Gasteiger charge is 2.47.